The predicted molar refractivity (Wildman–Crippen MR) is 66.7 cm³/mol. The SMILES string of the molecule is CC(=O)NCCC(=O)NCC(=O)N1CCCCC1. The highest BCUT2D eigenvalue weighted by molar-refractivity contribution is 5.85. The second-order valence-corrected chi connectivity index (χ2v) is 4.45. The van der Waals surface area contributed by atoms with Crippen molar-refractivity contribution in [2.45, 2.75) is 32.6 Å². The van der Waals surface area contributed by atoms with Crippen LogP contribution in [0.1, 0.15) is 32.6 Å². The van der Waals surface area contributed by atoms with Crippen molar-refractivity contribution in [3.05, 3.63) is 0 Å². The summed E-state index contributed by atoms with van der Waals surface area (Å²) in [5.74, 6) is -0.399. The Labute approximate surface area is 107 Å². The lowest BCUT2D eigenvalue weighted by molar-refractivity contribution is -0.133. The number of rotatable bonds is 5. The highest BCUT2D eigenvalue weighted by Crippen LogP contribution is 2.08. The normalized spacial score (nSPS) is 15.1. The van der Waals surface area contributed by atoms with Gasteiger partial charge in [-0.2, -0.15) is 0 Å². The second kappa shape index (κ2) is 7.68. The van der Waals surface area contributed by atoms with Crippen LogP contribution < -0.4 is 10.6 Å². The summed E-state index contributed by atoms with van der Waals surface area (Å²) in [4.78, 5) is 35.5. The maximum Gasteiger partial charge on any atom is 0.241 e. The Hall–Kier alpha value is -1.59. The van der Waals surface area contributed by atoms with Crippen LogP contribution >= 0.6 is 0 Å². The van der Waals surface area contributed by atoms with Crippen molar-refractivity contribution in [3.63, 3.8) is 0 Å². The molecule has 1 aliphatic heterocycles. The van der Waals surface area contributed by atoms with E-state index in [1.54, 1.807) is 4.90 Å². The smallest absolute Gasteiger partial charge is 0.241 e. The number of amides is 3. The molecule has 0 aromatic carbocycles. The van der Waals surface area contributed by atoms with Crippen molar-refractivity contribution in [1.82, 2.24) is 15.5 Å². The van der Waals surface area contributed by atoms with Gasteiger partial charge in [-0.1, -0.05) is 0 Å². The molecule has 1 aliphatic rings. The lowest BCUT2D eigenvalue weighted by atomic mass is 10.1. The van der Waals surface area contributed by atoms with Crippen LogP contribution in [-0.2, 0) is 14.4 Å². The third kappa shape index (κ3) is 5.65. The molecule has 102 valence electrons. The molecule has 0 unspecified atom stereocenters. The van der Waals surface area contributed by atoms with Gasteiger partial charge in [-0.3, -0.25) is 14.4 Å². The maximum absolute atomic E-state index is 11.7. The minimum atomic E-state index is -0.214. The van der Waals surface area contributed by atoms with Gasteiger partial charge in [0.2, 0.25) is 17.7 Å². The summed E-state index contributed by atoms with van der Waals surface area (Å²) < 4.78 is 0. The zero-order chi connectivity index (χ0) is 13.4. The molecule has 3 amide bonds. The first kappa shape index (κ1) is 14.5. The highest BCUT2D eigenvalue weighted by atomic mass is 16.2. The molecule has 0 saturated carbocycles. The maximum atomic E-state index is 11.7. The Balaban J connectivity index is 2.13. The molecule has 0 aromatic heterocycles. The molecule has 0 spiro atoms. The van der Waals surface area contributed by atoms with Crippen molar-refractivity contribution in [2.75, 3.05) is 26.2 Å². The van der Waals surface area contributed by atoms with Crippen LogP contribution in [0.3, 0.4) is 0 Å². The molecule has 2 N–H and O–H groups in total. The standard InChI is InChI=1S/C12H21N3O3/c1-10(16)13-6-5-11(17)14-9-12(18)15-7-3-2-4-8-15/h2-9H2,1H3,(H,13,16)(H,14,17). The summed E-state index contributed by atoms with van der Waals surface area (Å²) in [5.41, 5.74) is 0. The van der Waals surface area contributed by atoms with E-state index in [0.717, 1.165) is 25.9 Å². The molecule has 1 fully saturated rings. The molecule has 0 atom stereocenters. The van der Waals surface area contributed by atoms with Crippen molar-refractivity contribution < 1.29 is 14.4 Å². The predicted octanol–water partition coefficient (Wildman–Crippen LogP) is -0.359. The van der Waals surface area contributed by atoms with Crippen LogP contribution in [0.2, 0.25) is 0 Å². The number of hydrogen-bond acceptors (Lipinski definition) is 3. The topological polar surface area (TPSA) is 78.5 Å². The lowest BCUT2D eigenvalue weighted by Gasteiger charge is -2.26. The second-order valence-electron chi connectivity index (χ2n) is 4.45. The molecule has 1 rings (SSSR count). The van der Waals surface area contributed by atoms with E-state index in [1.807, 2.05) is 0 Å². The molecule has 18 heavy (non-hydrogen) atoms. The van der Waals surface area contributed by atoms with Gasteiger partial charge >= 0.3 is 0 Å². The molecular formula is C12H21N3O3. The zero-order valence-electron chi connectivity index (χ0n) is 10.8. The largest absolute Gasteiger partial charge is 0.356 e. The summed E-state index contributed by atoms with van der Waals surface area (Å²) in [6.07, 6.45) is 3.46. The summed E-state index contributed by atoms with van der Waals surface area (Å²) in [6, 6.07) is 0. The van der Waals surface area contributed by atoms with Gasteiger partial charge in [0, 0.05) is 33.0 Å². The van der Waals surface area contributed by atoms with Gasteiger partial charge in [-0.05, 0) is 19.3 Å². The minimum Gasteiger partial charge on any atom is -0.356 e. The van der Waals surface area contributed by atoms with Gasteiger partial charge < -0.3 is 15.5 Å². The van der Waals surface area contributed by atoms with E-state index in [4.69, 9.17) is 0 Å². The summed E-state index contributed by atoms with van der Waals surface area (Å²) >= 11 is 0. The minimum absolute atomic E-state index is 0.0254. The van der Waals surface area contributed by atoms with Crippen LogP contribution in [0.25, 0.3) is 0 Å². The molecule has 0 bridgehead atoms. The first-order valence-corrected chi connectivity index (χ1v) is 6.38. The Morgan fingerprint density at radius 2 is 1.72 bits per heavy atom. The van der Waals surface area contributed by atoms with Crippen molar-refractivity contribution in [3.8, 4) is 0 Å². The van der Waals surface area contributed by atoms with Crippen molar-refractivity contribution in [2.24, 2.45) is 0 Å². The van der Waals surface area contributed by atoms with Crippen LogP contribution in [0.15, 0.2) is 0 Å². The molecule has 1 heterocycles. The first-order valence-electron chi connectivity index (χ1n) is 6.38. The molecule has 0 aromatic rings. The van der Waals surface area contributed by atoms with Crippen molar-refractivity contribution in [1.29, 1.82) is 0 Å². The number of nitrogens with zero attached hydrogens (tertiary/aromatic N) is 1. The van der Waals surface area contributed by atoms with Gasteiger partial charge in [-0.25, -0.2) is 0 Å². The Morgan fingerprint density at radius 3 is 2.33 bits per heavy atom. The third-order valence-corrected chi connectivity index (χ3v) is 2.87. The van der Waals surface area contributed by atoms with Crippen molar-refractivity contribution >= 4 is 17.7 Å². The van der Waals surface area contributed by atoms with Gasteiger partial charge in [0.05, 0.1) is 6.54 Å². The zero-order valence-corrected chi connectivity index (χ0v) is 10.8. The summed E-state index contributed by atoms with van der Waals surface area (Å²) in [5, 5.41) is 5.10. The van der Waals surface area contributed by atoms with E-state index in [9.17, 15) is 14.4 Å². The fourth-order valence-electron chi connectivity index (χ4n) is 1.87. The van der Waals surface area contributed by atoms with E-state index < -0.39 is 0 Å². The van der Waals surface area contributed by atoms with E-state index in [-0.39, 0.29) is 30.7 Å². The van der Waals surface area contributed by atoms with Gasteiger partial charge in [0.15, 0.2) is 0 Å². The van der Waals surface area contributed by atoms with E-state index in [2.05, 4.69) is 10.6 Å². The number of likely N-dealkylation sites (tertiary alicyclic amines) is 1. The first-order chi connectivity index (χ1) is 8.59. The number of nitrogens with one attached hydrogen (secondary N) is 2. The third-order valence-electron chi connectivity index (χ3n) is 2.87. The number of carbonyl (C=O) groups excluding carboxylic acids is 3. The fraction of sp³-hybridized carbons (Fsp3) is 0.750. The average Bonchev–Trinajstić information content (AvgIpc) is 2.36. The molecule has 0 radical (unpaired) electrons. The van der Waals surface area contributed by atoms with Crippen LogP contribution in [0.4, 0.5) is 0 Å². The molecule has 0 aliphatic carbocycles. The van der Waals surface area contributed by atoms with Gasteiger partial charge in [0.1, 0.15) is 0 Å². The van der Waals surface area contributed by atoms with E-state index in [1.165, 1.54) is 13.3 Å². The van der Waals surface area contributed by atoms with Gasteiger partial charge in [0.25, 0.3) is 0 Å². The number of hydrogen-bond donors (Lipinski definition) is 2. The van der Waals surface area contributed by atoms with Crippen LogP contribution in [0, 0.1) is 0 Å². The number of piperidine rings is 1. The Kier molecular flexibility index (Phi) is 6.18. The molecule has 1 saturated heterocycles. The summed E-state index contributed by atoms with van der Waals surface area (Å²) in [7, 11) is 0. The lowest BCUT2D eigenvalue weighted by Crippen LogP contribution is -2.43. The molecule has 6 heteroatoms. The molecular weight excluding hydrogens is 234 g/mol. The van der Waals surface area contributed by atoms with E-state index in [0.29, 0.717) is 6.54 Å². The van der Waals surface area contributed by atoms with Crippen LogP contribution in [0.5, 0.6) is 0 Å². The Bertz CT molecular complexity index is 312. The Morgan fingerprint density at radius 1 is 1.06 bits per heavy atom. The highest BCUT2D eigenvalue weighted by Gasteiger charge is 2.16. The fourth-order valence-corrected chi connectivity index (χ4v) is 1.87. The quantitative estimate of drug-likeness (QED) is 0.704. The molecule has 6 nitrogen and oxygen atoms in total. The number of carbonyl (C=O) groups is 3. The monoisotopic (exact) mass is 255 g/mol. The van der Waals surface area contributed by atoms with E-state index >= 15 is 0 Å². The van der Waals surface area contributed by atoms with Crippen LogP contribution in [-0.4, -0.2) is 48.8 Å². The average molecular weight is 255 g/mol. The summed E-state index contributed by atoms with van der Waals surface area (Å²) in [6.45, 7) is 3.34. The van der Waals surface area contributed by atoms with Gasteiger partial charge in [-0.15, -0.1) is 0 Å².